The SMILES string of the molecule is [2H]C1[C@H]2CN(c3nc(Cl)nc4c(F)c(Cl)ncc34)C[C@@H]12. The van der Waals surface area contributed by atoms with E-state index in [1.54, 1.807) is 0 Å². The number of pyridine rings is 1. The van der Waals surface area contributed by atoms with Gasteiger partial charge in [0.05, 0.1) is 5.39 Å². The minimum Gasteiger partial charge on any atom is -0.355 e. The molecule has 4 rings (SSSR count). The number of rotatable bonds is 1. The van der Waals surface area contributed by atoms with Gasteiger partial charge in [0.2, 0.25) is 5.28 Å². The van der Waals surface area contributed by atoms with Gasteiger partial charge in [-0.15, -0.1) is 0 Å². The molecule has 98 valence electrons. The zero-order chi connectivity index (χ0) is 14.0. The number of anilines is 1. The molecule has 0 radical (unpaired) electrons. The summed E-state index contributed by atoms with van der Waals surface area (Å²) >= 11 is 11.6. The lowest BCUT2D eigenvalue weighted by Crippen LogP contribution is -2.23. The molecule has 2 aromatic heterocycles. The van der Waals surface area contributed by atoms with Crippen LogP contribution in [0, 0.1) is 17.7 Å². The van der Waals surface area contributed by atoms with Crippen LogP contribution in [0.15, 0.2) is 6.20 Å². The van der Waals surface area contributed by atoms with E-state index < -0.39 is 5.82 Å². The molecule has 4 nitrogen and oxygen atoms in total. The third-order valence-electron chi connectivity index (χ3n) is 3.66. The highest BCUT2D eigenvalue weighted by Crippen LogP contribution is 2.47. The molecule has 0 spiro atoms. The zero-order valence-corrected chi connectivity index (χ0v) is 11.2. The molecule has 0 bridgehead atoms. The Morgan fingerprint density at radius 2 is 2.05 bits per heavy atom. The van der Waals surface area contributed by atoms with Crippen LogP contribution < -0.4 is 4.90 Å². The molecule has 0 N–H and O–H groups in total. The van der Waals surface area contributed by atoms with E-state index in [9.17, 15) is 4.39 Å². The van der Waals surface area contributed by atoms with Crippen molar-refractivity contribution in [2.75, 3.05) is 18.0 Å². The second-order valence-corrected chi connectivity index (χ2v) is 5.56. The molecule has 19 heavy (non-hydrogen) atoms. The van der Waals surface area contributed by atoms with Crippen molar-refractivity contribution in [1.82, 2.24) is 15.0 Å². The molecule has 1 saturated heterocycles. The van der Waals surface area contributed by atoms with Crippen LogP contribution in [0.2, 0.25) is 10.4 Å². The largest absolute Gasteiger partial charge is 0.355 e. The molecule has 1 saturated carbocycles. The summed E-state index contributed by atoms with van der Waals surface area (Å²) in [6.07, 6.45) is 1.49. The molecule has 7 heteroatoms. The van der Waals surface area contributed by atoms with E-state index in [2.05, 4.69) is 15.0 Å². The van der Waals surface area contributed by atoms with Crippen LogP contribution in [0.1, 0.15) is 7.77 Å². The van der Waals surface area contributed by atoms with Gasteiger partial charge in [-0.05, 0) is 29.8 Å². The summed E-state index contributed by atoms with van der Waals surface area (Å²) in [5, 5.41) is 0.254. The first-order valence-electron chi connectivity index (χ1n) is 6.48. The second-order valence-electron chi connectivity index (χ2n) is 4.87. The van der Waals surface area contributed by atoms with Gasteiger partial charge in [-0.2, -0.15) is 4.98 Å². The Bertz CT molecular complexity index is 716. The number of aromatic nitrogens is 3. The molecule has 0 amide bonds. The highest BCUT2D eigenvalue weighted by atomic mass is 35.5. The van der Waals surface area contributed by atoms with Crippen LogP contribution in [0.4, 0.5) is 10.2 Å². The molecule has 2 fully saturated rings. The fraction of sp³-hybridized carbons (Fsp3) is 0.417. The quantitative estimate of drug-likeness (QED) is 0.600. The first-order chi connectivity index (χ1) is 9.56. The normalized spacial score (nSPS) is 29.5. The molecule has 0 aromatic carbocycles. The molecule has 3 atom stereocenters. The number of nitrogens with zero attached hydrogens (tertiary/aromatic N) is 4. The number of hydrogen-bond donors (Lipinski definition) is 0. The average Bonchev–Trinajstić information content (AvgIpc) is 2.87. The fourth-order valence-electron chi connectivity index (χ4n) is 2.64. The second kappa shape index (κ2) is 3.90. The highest BCUT2D eigenvalue weighted by molar-refractivity contribution is 6.30. The number of halogens is 3. The minimum atomic E-state index is -0.683. The van der Waals surface area contributed by atoms with Gasteiger partial charge < -0.3 is 4.90 Å². The van der Waals surface area contributed by atoms with Crippen molar-refractivity contribution in [2.24, 2.45) is 11.8 Å². The Kier molecular flexibility index (Phi) is 2.17. The monoisotopic (exact) mass is 299 g/mol. The summed E-state index contributed by atoms with van der Waals surface area (Å²) in [6.45, 7) is 1.48. The van der Waals surface area contributed by atoms with E-state index in [1.807, 2.05) is 4.90 Å². The summed E-state index contributed by atoms with van der Waals surface area (Å²) in [5.74, 6) is 0.646. The lowest BCUT2D eigenvalue weighted by molar-refractivity contribution is 0.631. The van der Waals surface area contributed by atoms with Gasteiger partial charge in [-0.1, -0.05) is 11.6 Å². The Morgan fingerprint density at radius 3 is 2.79 bits per heavy atom. The smallest absolute Gasteiger partial charge is 0.225 e. The van der Waals surface area contributed by atoms with Crippen LogP contribution in [-0.4, -0.2) is 28.0 Å². The number of piperidine rings is 1. The van der Waals surface area contributed by atoms with E-state index in [-0.39, 0.29) is 22.4 Å². The van der Waals surface area contributed by atoms with Crippen molar-refractivity contribution in [2.45, 2.75) is 6.40 Å². The van der Waals surface area contributed by atoms with Crippen LogP contribution in [-0.2, 0) is 0 Å². The van der Waals surface area contributed by atoms with Gasteiger partial charge in [0, 0.05) is 20.7 Å². The van der Waals surface area contributed by atoms with Gasteiger partial charge in [0.1, 0.15) is 11.3 Å². The summed E-state index contributed by atoms with van der Waals surface area (Å²) in [7, 11) is 0. The first-order valence-corrected chi connectivity index (χ1v) is 6.66. The maximum absolute atomic E-state index is 14.0. The number of hydrogen-bond acceptors (Lipinski definition) is 4. The maximum Gasteiger partial charge on any atom is 0.225 e. The standard InChI is InChI=1S/C12H9Cl2FN4/c13-10-8(15)9-7(2-16-10)11(18-12(14)17-9)19-3-5-1-6(5)4-19/h2,5-6H,1,3-4H2/t5-,6+/i1D/t1?,5-,6+. The molecule has 1 unspecified atom stereocenters. The van der Waals surface area contributed by atoms with Gasteiger partial charge in [-0.3, -0.25) is 0 Å². The van der Waals surface area contributed by atoms with Crippen LogP contribution in [0.25, 0.3) is 10.9 Å². The van der Waals surface area contributed by atoms with Gasteiger partial charge in [0.15, 0.2) is 11.0 Å². The van der Waals surface area contributed by atoms with Crippen molar-refractivity contribution in [3.63, 3.8) is 0 Å². The zero-order valence-electron chi connectivity index (χ0n) is 10.6. The van der Waals surface area contributed by atoms with Crippen molar-refractivity contribution >= 4 is 39.9 Å². The predicted molar refractivity (Wildman–Crippen MR) is 71.1 cm³/mol. The summed E-state index contributed by atoms with van der Waals surface area (Å²) < 4.78 is 21.8. The van der Waals surface area contributed by atoms with E-state index in [1.165, 1.54) is 6.20 Å². The van der Waals surface area contributed by atoms with E-state index >= 15 is 0 Å². The van der Waals surface area contributed by atoms with Gasteiger partial charge >= 0.3 is 0 Å². The summed E-state index contributed by atoms with van der Waals surface area (Å²) in [6, 6.07) is 0. The predicted octanol–water partition coefficient (Wildman–Crippen LogP) is 2.93. The van der Waals surface area contributed by atoms with Gasteiger partial charge in [0.25, 0.3) is 0 Å². The van der Waals surface area contributed by atoms with Crippen molar-refractivity contribution in [1.29, 1.82) is 0 Å². The lowest BCUT2D eigenvalue weighted by atomic mass is 10.2. The highest BCUT2D eigenvalue weighted by Gasteiger charge is 2.45. The third kappa shape index (κ3) is 1.75. The van der Waals surface area contributed by atoms with E-state index in [0.717, 1.165) is 13.1 Å². The summed E-state index contributed by atoms with van der Waals surface area (Å²) in [4.78, 5) is 13.9. The third-order valence-corrected chi connectivity index (χ3v) is 4.09. The molecule has 3 heterocycles. The Hall–Kier alpha value is -1.20. The Morgan fingerprint density at radius 1 is 1.32 bits per heavy atom. The fourth-order valence-corrected chi connectivity index (χ4v) is 2.94. The first kappa shape index (κ1) is 10.6. The average molecular weight is 300 g/mol. The van der Waals surface area contributed by atoms with Crippen molar-refractivity contribution in [3.8, 4) is 0 Å². The molecular weight excluding hydrogens is 290 g/mol. The van der Waals surface area contributed by atoms with Gasteiger partial charge in [-0.25, -0.2) is 14.4 Å². The van der Waals surface area contributed by atoms with Crippen LogP contribution >= 0.6 is 23.2 Å². The topological polar surface area (TPSA) is 41.9 Å². The Balaban J connectivity index is 1.85. The molecule has 2 aliphatic rings. The minimum absolute atomic E-state index is 0.0170. The molecule has 2 aromatic rings. The Labute approximate surface area is 120 Å². The van der Waals surface area contributed by atoms with Crippen LogP contribution in [0.5, 0.6) is 0 Å². The van der Waals surface area contributed by atoms with Crippen LogP contribution in [0.3, 0.4) is 0 Å². The lowest BCUT2D eigenvalue weighted by Gasteiger charge is -2.20. The molecule has 1 aliphatic heterocycles. The molecule has 1 aliphatic carbocycles. The van der Waals surface area contributed by atoms with Crippen molar-refractivity contribution in [3.05, 3.63) is 22.5 Å². The maximum atomic E-state index is 14.0. The van der Waals surface area contributed by atoms with E-state index in [4.69, 9.17) is 24.6 Å². The van der Waals surface area contributed by atoms with Crippen molar-refractivity contribution < 1.29 is 5.76 Å². The molecular formula is C12H9Cl2FN4. The summed E-state index contributed by atoms with van der Waals surface area (Å²) in [5.41, 5.74) is 0.0861. The number of fused-ring (bicyclic) bond motifs is 2. The van der Waals surface area contributed by atoms with E-state index in [0.29, 0.717) is 23.0 Å².